The van der Waals surface area contributed by atoms with Crippen molar-refractivity contribution < 1.29 is 9.15 Å². The first-order valence-electron chi connectivity index (χ1n) is 5.44. The molecule has 0 atom stereocenters. The van der Waals surface area contributed by atoms with Crippen molar-refractivity contribution in [2.45, 2.75) is 0 Å². The Labute approximate surface area is 108 Å². The van der Waals surface area contributed by atoms with Crippen LogP contribution in [0, 0.1) is 0 Å². The molecule has 94 valence electrons. The summed E-state index contributed by atoms with van der Waals surface area (Å²) in [5, 5.41) is 7.30. The van der Waals surface area contributed by atoms with E-state index in [-0.39, 0.29) is 5.89 Å². The number of benzene rings is 1. The molecule has 3 aromatic rings. The normalized spacial score (nSPS) is 10.3. The number of hydrogen-bond donors (Lipinski definition) is 1. The fourth-order valence-corrected chi connectivity index (χ4v) is 1.47. The molecular weight excluding hydrogens is 246 g/mol. The predicted octanol–water partition coefficient (Wildman–Crippen LogP) is 1.90. The minimum atomic E-state index is 0.234. The molecule has 2 heterocycles. The number of aromatic nitrogens is 4. The van der Waals surface area contributed by atoms with Gasteiger partial charge in [0.1, 0.15) is 5.75 Å². The highest BCUT2D eigenvalue weighted by Crippen LogP contribution is 2.22. The molecule has 3 rings (SSSR count). The molecule has 0 aliphatic heterocycles. The summed E-state index contributed by atoms with van der Waals surface area (Å²) >= 11 is 0. The quantitative estimate of drug-likeness (QED) is 0.713. The zero-order chi connectivity index (χ0) is 13.1. The van der Waals surface area contributed by atoms with E-state index in [0.29, 0.717) is 23.1 Å². The minimum Gasteiger partial charge on any atom is -0.439 e. The molecule has 2 N–H and O–H groups in total. The van der Waals surface area contributed by atoms with Crippen LogP contribution in [-0.2, 0) is 0 Å². The van der Waals surface area contributed by atoms with Crippen molar-refractivity contribution in [1.29, 1.82) is 0 Å². The van der Waals surface area contributed by atoms with E-state index in [4.69, 9.17) is 14.9 Å². The molecule has 1 aromatic carbocycles. The van der Waals surface area contributed by atoms with E-state index in [2.05, 4.69) is 20.2 Å². The maximum Gasteiger partial charge on any atom is 0.285 e. The zero-order valence-corrected chi connectivity index (χ0v) is 9.72. The van der Waals surface area contributed by atoms with Gasteiger partial charge in [-0.3, -0.25) is 0 Å². The summed E-state index contributed by atoms with van der Waals surface area (Å²) < 4.78 is 10.6. The summed E-state index contributed by atoms with van der Waals surface area (Å²) in [7, 11) is 0. The van der Waals surface area contributed by atoms with Gasteiger partial charge in [-0.1, -0.05) is 6.07 Å². The second-order valence-electron chi connectivity index (χ2n) is 3.64. The first kappa shape index (κ1) is 11.1. The van der Waals surface area contributed by atoms with Crippen molar-refractivity contribution in [3.05, 3.63) is 42.9 Å². The lowest BCUT2D eigenvalue weighted by atomic mass is 10.3. The molecule has 0 aliphatic rings. The highest BCUT2D eigenvalue weighted by molar-refractivity contribution is 5.45. The van der Waals surface area contributed by atoms with Crippen molar-refractivity contribution >= 4 is 5.69 Å². The van der Waals surface area contributed by atoms with E-state index in [1.165, 1.54) is 6.39 Å². The molecule has 19 heavy (non-hydrogen) atoms. The summed E-state index contributed by atoms with van der Waals surface area (Å²) in [6.07, 6.45) is 2.76. The molecule has 7 heteroatoms. The fourth-order valence-electron chi connectivity index (χ4n) is 1.47. The number of nitrogen functional groups attached to an aromatic ring is 1. The van der Waals surface area contributed by atoms with Crippen LogP contribution < -0.4 is 10.5 Å². The summed E-state index contributed by atoms with van der Waals surface area (Å²) in [4.78, 5) is 8.20. The SMILES string of the molecule is Nc1cccc(Oc2ccnc(-c3nnco3)n2)c1. The highest BCUT2D eigenvalue weighted by atomic mass is 16.5. The lowest BCUT2D eigenvalue weighted by Crippen LogP contribution is -1.94. The molecule has 0 unspecified atom stereocenters. The molecule has 0 aliphatic carbocycles. The molecule has 0 saturated heterocycles. The Bertz CT molecular complexity index is 684. The van der Waals surface area contributed by atoms with E-state index in [9.17, 15) is 0 Å². The van der Waals surface area contributed by atoms with E-state index < -0.39 is 0 Å². The van der Waals surface area contributed by atoms with Crippen LogP contribution in [0.2, 0.25) is 0 Å². The van der Waals surface area contributed by atoms with Crippen LogP contribution in [0.15, 0.2) is 47.3 Å². The number of nitrogens with two attached hydrogens (primary N) is 1. The molecule has 0 amide bonds. The second-order valence-corrected chi connectivity index (χ2v) is 3.64. The van der Waals surface area contributed by atoms with Crippen molar-refractivity contribution in [2.75, 3.05) is 5.73 Å². The molecule has 0 radical (unpaired) electrons. The third-order valence-corrected chi connectivity index (χ3v) is 2.26. The van der Waals surface area contributed by atoms with E-state index >= 15 is 0 Å². The Morgan fingerprint density at radius 2 is 2.16 bits per heavy atom. The summed E-state index contributed by atoms with van der Waals surface area (Å²) in [6, 6.07) is 8.68. The Balaban J connectivity index is 1.88. The first-order chi connectivity index (χ1) is 9.31. The largest absolute Gasteiger partial charge is 0.439 e. The Kier molecular flexibility index (Phi) is 2.77. The highest BCUT2D eigenvalue weighted by Gasteiger charge is 2.08. The topological polar surface area (TPSA) is 100.0 Å². The number of nitrogens with zero attached hydrogens (tertiary/aromatic N) is 4. The van der Waals surface area contributed by atoms with Gasteiger partial charge in [-0.15, -0.1) is 10.2 Å². The van der Waals surface area contributed by atoms with Gasteiger partial charge in [-0.05, 0) is 12.1 Å². The van der Waals surface area contributed by atoms with E-state index in [1.807, 2.05) is 0 Å². The Morgan fingerprint density at radius 1 is 1.21 bits per heavy atom. The van der Waals surface area contributed by atoms with Crippen LogP contribution >= 0.6 is 0 Å². The van der Waals surface area contributed by atoms with Crippen molar-refractivity contribution in [1.82, 2.24) is 20.2 Å². The summed E-state index contributed by atoms with van der Waals surface area (Å²) in [5.41, 5.74) is 6.29. The van der Waals surface area contributed by atoms with Crippen molar-refractivity contribution in [2.24, 2.45) is 0 Å². The lowest BCUT2D eigenvalue weighted by molar-refractivity contribution is 0.461. The van der Waals surface area contributed by atoms with Gasteiger partial charge < -0.3 is 14.9 Å². The first-order valence-corrected chi connectivity index (χ1v) is 5.44. The molecule has 0 saturated carbocycles. The third-order valence-electron chi connectivity index (χ3n) is 2.26. The number of ether oxygens (including phenoxy) is 1. The number of anilines is 1. The van der Waals surface area contributed by atoms with Crippen LogP contribution in [0.5, 0.6) is 11.6 Å². The van der Waals surface area contributed by atoms with Gasteiger partial charge in [-0.2, -0.15) is 4.98 Å². The molecule has 2 aromatic heterocycles. The van der Waals surface area contributed by atoms with Gasteiger partial charge >= 0.3 is 0 Å². The molecule has 7 nitrogen and oxygen atoms in total. The molecule has 0 bridgehead atoms. The summed E-state index contributed by atoms with van der Waals surface area (Å²) in [5.74, 6) is 1.50. The fraction of sp³-hybridized carbons (Fsp3) is 0. The van der Waals surface area contributed by atoms with Gasteiger partial charge in [0, 0.05) is 24.0 Å². The van der Waals surface area contributed by atoms with E-state index in [0.717, 1.165) is 0 Å². The lowest BCUT2D eigenvalue weighted by Gasteiger charge is -2.05. The number of rotatable bonds is 3. The maximum atomic E-state index is 5.67. The third kappa shape index (κ3) is 2.49. The van der Waals surface area contributed by atoms with Crippen molar-refractivity contribution in [3.63, 3.8) is 0 Å². The van der Waals surface area contributed by atoms with Gasteiger partial charge in [0.05, 0.1) is 0 Å². The zero-order valence-electron chi connectivity index (χ0n) is 9.72. The van der Waals surface area contributed by atoms with Crippen molar-refractivity contribution in [3.8, 4) is 23.3 Å². The van der Waals surface area contributed by atoms with E-state index in [1.54, 1.807) is 36.5 Å². The van der Waals surface area contributed by atoms with Gasteiger partial charge in [0.2, 0.25) is 18.1 Å². The van der Waals surface area contributed by atoms with Crippen LogP contribution in [0.1, 0.15) is 0 Å². The van der Waals surface area contributed by atoms with Gasteiger partial charge in [-0.25, -0.2) is 4.98 Å². The standard InChI is InChI=1S/C12H9N5O2/c13-8-2-1-3-9(6-8)19-10-4-5-14-11(16-10)12-17-15-7-18-12/h1-7H,13H2. The van der Waals surface area contributed by atoms with Gasteiger partial charge in [0.25, 0.3) is 5.89 Å². The molecular formula is C12H9N5O2. The summed E-state index contributed by atoms with van der Waals surface area (Å²) in [6.45, 7) is 0. The average molecular weight is 255 g/mol. The Morgan fingerprint density at radius 3 is 2.95 bits per heavy atom. The minimum absolute atomic E-state index is 0.234. The van der Waals surface area contributed by atoms with Crippen LogP contribution in [0.25, 0.3) is 11.7 Å². The Hall–Kier alpha value is -2.96. The molecule has 0 fully saturated rings. The van der Waals surface area contributed by atoms with Crippen LogP contribution in [-0.4, -0.2) is 20.2 Å². The maximum absolute atomic E-state index is 5.67. The van der Waals surface area contributed by atoms with Crippen LogP contribution in [0.4, 0.5) is 5.69 Å². The molecule has 0 spiro atoms. The number of hydrogen-bond acceptors (Lipinski definition) is 7. The van der Waals surface area contributed by atoms with Crippen LogP contribution in [0.3, 0.4) is 0 Å². The second kappa shape index (κ2) is 4.73. The predicted molar refractivity (Wildman–Crippen MR) is 66.3 cm³/mol. The average Bonchev–Trinajstić information content (AvgIpc) is 2.93. The monoisotopic (exact) mass is 255 g/mol. The smallest absolute Gasteiger partial charge is 0.285 e. The van der Waals surface area contributed by atoms with Gasteiger partial charge in [0.15, 0.2) is 0 Å².